The number of hydrogen-bond donors (Lipinski definition) is 3. The normalized spacial score (nSPS) is 14.4. The molecule has 0 fully saturated rings. The van der Waals surface area contributed by atoms with Gasteiger partial charge in [-0.25, -0.2) is 0 Å². The van der Waals surface area contributed by atoms with Crippen LogP contribution in [0.2, 0.25) is 0 Å². The number of guanidine groups is 1. The van der Waals surface area contributed by atoms with Crippen molar-refractivity contribution in [3.05, 3.63) is 23.8 Å². The number of ether oxygens (including phenoxy) is 3. The summed E-state index contributed by atoms with van der Waals surface area (Å²) in [5.74, 6) is 1.91. The molecule has 0 bridgehead atoms. The van der Waals surface area contributed by atoms with Crippen LogP contribution in [0.4, 0.5) is 0 Å². The molecular weight excluding hydrogens is 346 g/mol. The molecular formula is C20H35N3O4. The molecule has 154 valence electrons. The van der Waals surface area contributed by atoms with E-state index in [0.717, 1.165) is 6.54 Å². The Hall–Kier alpha value is -1.99. The first kappa shape index (κ1) is 23.0. The van der Waals surface area contributed by atoms with E-state index in [1.807, 2.05) is 6.92 Å². The number of hydrogen-bond acceptors (Lipinski definition) is 5. The van der Waals surface area contributed by atoms with Crippen molar-refractivity contribution in [2.45, 2.75) is 39.9 Å². The fourth-order valence-electron chi connectivity index (χ4n) is 2.55. The van der Waals surface area contributed by atoms with Crippen LogP contribution in [0.15, 0.2) is 23.2 Å². The second-order valence-electron chi connectivity index (χ2n) is 7.35. The van der Waals surface area contributed by atoms with E-state index in [1.165, 1.54) is 0 Å². The molecule has 2 atom stereocenters. The fraction of sp³-hybridized carbons (Fsp3) is 0.650. The van der Waals surface area contributed by atoms with Gasteiger partial charge < -0.3 is 30.0 Å². The molecule has 0 radical (unpaired) electrons. The summed E-state index contributed by atoms with van der Waals surface area (Å²) < 4.78 is 16.1. The molecule has 0 saturated carbocycles. The number of nitrogens with one attached hydrogen (secondary N) is 2. The van der Waals surface area contributed by atoms with Crippen molar-refractivity contribution < 1.29 is 19.3 Å². The predicted molar refractivity (Wildman–Crippen MR) is 109 cm³/mol. The highest BCUT2D eigenvalue weighted by atomic mass is 16.5. The maximum atomic E-state index is 10.5. The Balaban J connectivity index is 2.80. The van der Waals surface area contributed by atoms with E-state index >= 15 is 0 Å². The first-order valence-corrected chi connectivity index (χ1v) is 9.21. The van der Waals surface area contributed by atoms with Crippen LogP contribution in [0.3, 0.4) is 0 Å². The molecule has 1 aromatic carbocycles. The van der Waals surface area contributed by atoms with Crippen molar-refractivity contribution in [3.8, 4) is 11.5 Å². The Bertz CT molecular complexity index is 577. The largest absolute Gasteiger partial charge is 0.497 e. The van der Waals surface area contributed by atoms with Gasteiger partial charge in [-0.2, -0.15) is 0 Å². The average molecular weight is 382 g/mol. The lowest BCUT2D eigenvalue weighted by Crippen LogP contribution is -2.41. The number of methoxy groups -OCH3 is 3. The van der Waals surface area contributed by atoms with Crippen LogP contribution >= 0.6 is 0 Å². The molecule has 27 heavy (non-hydrogen) atoms. The summed E-state index contributed by atoms with van der Waals surface area (Å²) in [6.07, 6.45) is -0.737. The zero-order valence-corrected chi connectivity index (χ0v) is 17.6. The molecule has 0 aliphatic carbocycles. The van der Waals surface area contributed by atoms with Gasteiger partial charge in [-0.15, -0.1) is 0 Å². The maximum Gasteiger partial charge on any atom is 0.191 e. The molecule has 0 aromatic heterocycles. The molecule has 0 aliphatic rings. The Labute approximate surface area is 163 Å². The number of aliphatic hydroxyl groups is 1. The molecule has 1 aromatic rings. The first-order valence-electron chi connectivity index (χ1n) is 9.21. The van der Waals surface area contributed by atoms with E-state index in [2.05, 4.69) is 36.4 Å². The van der Waals surface area contributed by atoms with Gasteiger partial charge in [-0.05, 0) is 30.0 Å². The lowest BCUT2D eigenvalue weighted by Gasteiger charge is -2.28. The molecule has 0 aliphatic heterocycles. The Morgan fingerprint density at radius 1 is 1.07 bits per heavy atom. The van der Waals surface area contributed by atoms with Crippen LogP contribution in [0.1, 0.15) is 39.4 Å². The van der Waals surface area contributed by atoms with Crippen LogP contribution < -0.4 is 20.1 Å². The molecule has 7 heteroatoms. The maximum absolute atomic E-state index is 10.5. The van der Waals surface area contributed by atoms with Crippen LogP contribution in [-0.2, 0) is 4.74 Å². The van der Waals surface area contributed by atoms with E-state index in [9.17, 15) is 5.11 Å². The molecule has 1 rings (SSSR count). The Kier molecular flexibility index (Phi) is 9.38. The molecule has 2 unspecified atom stereocenters. The van der Waals surface area contributed by atoms with Gasteiger partial charge in [-0.1, -0.05) is 20.8 Å². The topological polar surface area (TPSA) is 84.3 Å². The lowest BCUT2D eigenvalue weighted by atomic mass is 9.89. The van der Waals surface area contributed by atoms with Gasteiger partial charge in [-0.3, -0.25) is 4.99 Å². The highest BCUT2D eigenvalue weighted by Crippen LogP contribution is 2.26. The van der Waals surface area contributed by atoms with Gasteiger partial charge in [0.25, 0.3) is 0 Å². The van der Waals surface area contributed by atoms with Gasteiger partial charge in [0.1, 0.15) is 11.5 Å². The predicted octanol–water partition coefficient (Wildman–Crippen LogP) is 2.35. The monoisotopic (exact) mass is 381 g/mol. The first-order chi connectivity index (χ1) is 12.7. The number of benzene rings is 1. The van der Waals surface area contributed by atoms with Crippen molar-refractivity contribution in [2.24, 2.45) is 10.4 Å². The van der Waals surface area contributed by atoms with Crippen molar-refractivity contribution in [1.82, 2.24) is 10.6 Å². The Morgan fingerprint density at radius 2 is 1.67 bits per heavy atom. The average Bonchev–Trinajstić information content (AvgIpc) is 2.64. The van der Waals surface area contributed by atoms with Gasteiger partial charge in [0, 0.05) is 26.3 Å². The minimum Gasteiger partial charge on any atom is -0.497 e. The molecule has 3 N–H and O–H groups in total. The van der Waals surface area contributed by atoms with E-state index < -0.39 is 6.10 Å². The summed E-state index contributed by atoms with van der Waals surface area (Å²) in [6.45, 7) is 9.92. The molecule has 7 nitrogen and oxygen atoms in total. The zero-order valence-electron chi connectivity index (χ0n) is 17.6. The van der Waals surface area contributed by atoms with Crippen LogP contribution in [0, 0.1) is 5.41 Å². The second-order valence-corrected chi connectivity index (χ2v) is 7.35. The summed E-state index contributed by atoms with van der Waals surface area (Å²) in [6, 6.07) is 5.35. The summed E-state index contributed by atoms with van der Waals surface area (Å²) in [5.41, 5.74) is 0.700. The summed E-state index contributed by atoms with van der Waals surface area (Å²) in [5, 5.41) is 16.9. The van der Waals surface area contributed by atoms with Gasteiger partial charge in [0.05, 0.1) is 33.0 Å². The van der Waals surface area contributed by atoms with Crippen LogP contribution in [-0.4, -0.2) is 58.1 Å². The molecule has 0 saturated heterocycles. The highest BCUT2D eigenvalue weighted by Gasteiger charge is 2.24. The molecule has 0 spiro atoms. The van der Waals surface area contributed by atoms with Crippen molar-refractivity contribution in [2.75, 3.05) is 41.0 Å². The summed E-state index contributed by atoms with van der Waals surface area (Å²) in [7, 11) is 4.87. The minimum absolute atomic E-state index is 0.000486. The fourth-order valence-corrected chi connectivity index (χ4v) is 2.55. The third-order valence-corrected chi connectivity index (χ3v) is 4.23. The SMILES string of the molecule is CCNC(=NCC(OC)C(C)(C)C)NCC(O)c1cc(OC)cc(OC)c1. The molecule has 0 heterocycles. The summed E-state index contributed by atoms with van der Waals surface area (Å²) in [4.78, 5) is 4.59. The number of nitrogens with zero attached hydrogens (tertiary/aromatic N) is 1. The van der Waals surface area contributed by atoms with E-state index in [4.69, 9.17) is 14.2 Å². The van der Waals surface area contributed by atoms with Gasteiger partial charge >= 0.3 is 0 Å². The van der Waals surface area contributed by atoms with E-state index in [1.54, 1.807) is 39.5 Å². The zero-order chi connectivity index (χ0) is 20.4. The third-order valence-electron chi connectivity index (χ3n) is 4.23. The number of aliphatic imine (C=N–C) groups is 1. The standard InChI is InChI=1S/C20H35N3O4/c1-8-21-19(23-13-18(27-7)20(2,3)4)22-12-17(24)14-9-15(25-5)11-16(10-14)26-6/h9-11,17-18,24H,8,12-13H2,1-7H3,(H2,21,22,23). The van der Waals surface area contributed by atoms with Crippen molar-refractivity contribution in [3.63, 3.8) is 0 Å². The number of rotatable bonds is 9. The van der Waals surface area contributed by atoms with Crippen LogP contribution in [0.25, 0.3) is 0 Å². The van der Waals surface area contributed by atoms with Gasteiger partial charge in [0.2, 0.25) is 0 Å². The smallest absolute Gasteiger partial charge is 0.191 e. The molecule has 0 amide bonds. The quantitative estimate of drug-likeness (QED) is 0.450. The highest BCUT2D eigenvalue weighted by molar-refractivity contribution is 5.79. The van der Waals surface area contributed by atoms with Crippen molar-refractivity contribution >= 4 is 5.96 Å². The van der Waals surface area contributed by atoms with Gasteiger partial charge in [0.15, 0.2) is 5.96 Å². The third kappa shape index (κ3) is 7.64. The number of aliphatic hydroxyl groups excluding tert-OH is 1. The van der Waals surface area contributed by atoms with E-state index in [0.29, 0.717) is 36.1 Å². The second kappa shape index (κ2) is 11.0. The summed E-state index contributed by atoms with van der Waals surface area (Å²) >= 11 is 0. The van der Waals surface area contributed by atoms with Crippen LogP contribution in [0.5, 0.6) is 11.5 Å². The van der Waals surface area contributed by atoms with E-state index in [-0.39, 0.29) is 11.5 Å². The minimum atomic E-state index is -0.737. The Morgan fingerprint density at radius 3 is 2.11 bits per heavy atom. The lowest BCUT2D eigenvalue weighted by molar-refractivity contribution is 0.0241. The van der Waals surface area contributed by atoms with Crippen molar-refractivity contribution in [1.29, 1.82) is 0 Å².